The summed E-state index contributed by atoms with van der Waals surface area (Å²) >= 11 is 0. The third-order valence-corrected chi connectivity index (χ3v) is 3.36. The van der Waals surface area contributed by atoms with Gasteiger partial charge in [0.25, 0.3) is 0 Å². The first kappa shape index (κ1) is 16.9. The van der Waals surface area contributed by atoms with Crippen LogP contribution in [0.2, 0.25) is 0 Å². The molecule has 0 bridgehead atoms. The van der Waals surface area contributed by atoms with Crippen molar-refractivity contribution in [1.82, 2.24) is 4.90 Å². The van der Waals surface area contributed by atoms with Crippen LogP contribution in [0.5, 0.6) is 0 Å². The summed E-state index contributed by atoms with van der Waals surface area (Å²) in [4.78, 5) is 26.3. The Balaban J connectivity index is 2.77. The van der Waals surface area contributed by atoms with Gasteiger partial charge in [0.1, 0.15) is 5.92 Å². The van der Waals surface area contributed by atoms with Gasteiger partial charge in [-0.1, -0.05) is 42.5 Å². The molecule has 0 aromatic heterocycles. The molecule has 0 aliphatic heterocycles. The average Bonchev–Trinajstić information content (AvgIpc) is 2.84. The van der Waals surface area contributed by atoms with E-state index in [0.29, 0.717) is 25.9 Å². The van der Waals surface area contributed by atoms with Crippen molar-refractivity contribution in [3.8, 4) is 0 Å². The minimum Gasteiger partial charge on any atom is -0.335 e. The minimum atomic E-state index is -0.550. The second-order valence-corrected chi connectivity index (χ2v) is 4.88. The molecule has 1 aliphatic carbocycles. The molecular formula is C18H23NO2. The van der Waals surface area contributed by atoms with Crippen molar-refractivity contribution in [2.24, 2.45) is 5.92 Å². The van der Waals surface area contributed by atoms with Crippen LogP contribution in [0.4, 0.5) is 0 Å². The average molecular weight is 285 g/mol. The number of hydrogen-bond donors (Lipinski definition) is 0. The van der Waals surface area contributed by atoms with Crippen LogP contribution in [-0.2, 0) is 9.59 Å². The zero-order valence-electron chi connectivity index (χ0n) is 12.6. The normalized spacial score (nSPS) is 20.5. The lowest BCUT2D eigenvalue weighted by molar-refractivity contribution is -0.138. The highest BCUT2D eigenvalue weighted by Crippen LogP contribution is 2.28. The minimum absolute atomic E-state index is 0.0525. The fourth-order valence-corrected chi connectivity index (χ4v) is 2.31. The molecule has 0 aromatic carbocycles. The first-order chi connectivity index (χ1) is 10.2. The standard InChI is InChI=1S/C18H23NO2/c1-4-7-8-9-10-15-11-12-16(17(15)20)18(21)19(13-5-2)14-6-3/h4-10,16H,2-3,11-14H2,1H3/b7-4+,9-8+,15-10+. The van der Waals surface area contributed by atoms with Crippen LogP contribution in [-0.4, -0.2) is 29.7 Å². The Labute approximate surface area is 127 Å². The van der Waals surface area contributed by atoms with Crippen molar-refractivity contribution in [3.63, 3.8) is 0 Å². The molecule has 1 amide bonds. The van der Waals surface area contributed by atoms with Gasteiger partial charge in [-0.2, -0.15) is 0 Å². The van der Waals surface area contributed by atoms with E-state index in [1.807, 2.05) is 31.2 Å². The number of rotatable bonds is 7. The Morgan fingerprint density at radius 2 is 1.90 bits per heavy atom. The van der Waals surface area contributed by atoms with E-state index in [1.165, 1.54) is 0 Å². The third-order valence-electron chi connectivity index (χ3n) is 3.36. The first-order valence-electron chi connectivity index (χ1n) is 7.19. The summed E-state index contributed by atoms with van der Waals surface area (Å²) in [5.41, 5.74) is 0.728. The molecule has 1 unspecified atom stereocenters. The zero-order chi connectivity index (χ0) is 15.7. The molecule has 0 radical (unpaired) electrons. The zero-order valence-corrected chi connectivity index (χ0v) is 12.6. The van der Waals surface area contributed by atoms with Crippen LogP contribution in [0.25, 0.3) is 0 Å². The second kappa shape index (κ2) is 8.90. The highest BCUT2D eigenvalue weighted by molar-refractivity contribution is 6.11. The smallest absolute Gasteiger partial charge is 0.234 e. The maximum atomic E-state index is 12.4. The Morgan fingerprint density at radius 3 is 2.48 bits per heavy atom. The molecule has 112 valence electrons. The molecule has 0 saturated heterocycles. The number of Topliss-reactive ketones (excluding diaryl/α,β-unsaturated/α-hetero) is 1. The van der Waals surface area contributed by atoms with Gasteiger partial charge in [0.15, 0.2) is 5.78 Å². The summed E-state index contributed by atoms with van der Waals surface area (Å²) in [7, 11) is 0. The van der Waals surface area contributed by atoms with Gasteiger partial charge in [0.05, 0.1) is 0 Å². The van der Waals surface area contributed by atoms with Gasteiger partial charge in [0.2, 0.25) is 5.91 Å². The number of carbonyl (C=O) groups excluding carboxylic acids is 2. The molecule has 1 aliphatic rings. The summed E-state index contributed by atoms with van der Waals surface area (Å²) in [6, 6.07) is 0. The topological polar surface area (TPSA) is 37.4 Å². The van der Waals surface area contributed by atoms with Crippen LogP contribution in [0.1, 0.15) is 19.8 Å². The molecule has 0 aromatic rings. The summed E-state index contributed by atoms with van der Waals surface area (Å²) in [6.07, 6.45) is 13.9. The Morgan fingerprint density at radius 1 is 1.24 bits per heavy atom. The molecule has 3 heteroatoms. The van der Waals surface area contributed by atoms with Gasteiger partial charge in [-0.25, -0.2) is 0 Å². The molecule has 1 atom stereocenters. The van der Waals surface area contributed by atoms with Crippen molar-refractivity contribution in [2.45, 2.75) is 19.8 Å². The van der Waals surface area contributed by atoms with E-state index in [1.54, 1.807) is 23.1 Å². The lowest BCUT2D eigenvalue weighted by atomic mass is 10.0. The van der Waals surface area contributed by atoms with Crippen LogP contribution < -0.4 is 0 Å². The van der Waals surface area contributed by atoms with Crippen molar-refractivity contribution in [3.05, 3.63) is 61.3 Å². The van der Waals surface area contributed by atoms with Crippen molar-refractivity contribution in [2.75, 3.05) is 13.1 Å². The van der Waals surface area contributed by atoms with E-state index in [-0.39, 0.29) is 11.7 Å². The van der Waals surface area contributed by atoms with E-state index in [9.17, 15) is 9.59 Å². The van der Waals surface area contributed by atoms with Gasteiger partial charge in [-0.15, -0.1) is 13.2 Å². The Kier molecular flexibility index (Phi) is 7.16. The molecule has 0 spiro atoms. The lowest BCUT2D eigenvalue weighted by Crippen LogP contribution is -2.38. The molecule has 0 N–H and O–H groups in total. The monoisotopic (exact) mass is 285 g/mol. The molecule has 21 heavy (non-hydrogen) atoms. The molecule has 1 saturated carbocycles. The summed E-state index contributed by atoms with van der Waals surface area (Å²) in [5.74, 6) is -0.727. The van der Waals surface area contributed by atoms with Crippen LogP contribution in [0.15, 0.2) is 61.3 Å². The highest BCUT2D eigenvalue weighted by Gasteiger charge is 2.36. The van der Waals surface area contributed by atoms with Gasteiger partial charge in [-0.05, 0) is 25.3 Å². The predicted molar refractivity (Wildman–Crippen MR) is 86.7 cm³/mol. The van der Waals surface area contributed by atoms with Crippen LogP contribution in [0.3, 0.4) is 0 Å². The SMILES string of the molecule is C=CCN(CC=C)C(=O)C1CC\C(=C/C=C/C=C/C)C1=O. The maximum Gasteiger partial charge on any atom is 0.234 e. The number of carbonyl (C=O) groups is 2. The number of allylic oxidation sites excluding steroid dienone is 6. The molecule has 1 fully saturated rings. The molecule has 3 nitrogen and oxygen atoms in total. The summed E-state index contributed by atoms with van der Waals surface area (Å²) < 4.78 is 0. The number of ketones is 1. The second-order valence-electron chi connectivity index (χ2n) is 4.88. The number of hydrogen-bond acceptors (Lipinski definition) is 2. The van der Waals surface area contributed by atoms with Crippen LogP contribution in [0, 0.1) is 5.92 Å². The quantitative estimate of drug-likeness (QED) is 0.312. The van der Waals surface area contributed by atoms with Gasteiger partial charge >= 0.3 is 0 Å². The third kappa shape index (κ3) is 4.71. The van der Waals surface area contributed by atoms with E-state index in [2.05, 4.69) is 13.2 Å². The molecule has 0 heterocycles. The van der Waals surface area contributed by atoms with Crippen molar-refractivity contribution >= 4 is 11.7 Å². The number of nitrogens with zero attached hydrogens (tertiary/aromatic N) is 1. The highest BCUT2D eigenvalue weighted by atomic mass is 16.2. The Hall–Kier alpha value is -2.16. The first-order valence-corrected chi connectivity index (χ1v) is 7.19. The summed E-state index contributed by atoms with van der Waals surface area (Å²) in [5, 5.41) is 0. The lowest BCUT2D eigenvalue weighted by Gasteiger charge is -2.22. The van der Waals surface area contributed by atoms with E-state index in [0.717, 1.165) is 5.57 Å². The van der Waals surface area contributed by atoms with Gasteiger partial charge in [0, 0.05) is 13.1 Å². The van der Waals surface area contributed by atoms with Crippen molar-refractivity contribution < 1.29 is 9.59 Å². The maximum absolute atomic E-state index is 12.4. The Bertz CT molecular complexity index is 487. The van der Waals surface area contributed by atoms with Crippen LogP contribution >= 0.6 is 0 Å². The summed E-state index contributed by atoms with van der Waals surface area (Å²) in [6.45, 7) is 10.1. The van der Waals surface area contributed by atoms with E-state index in [4.69, 9.17) is 0 Å². The van der Waals surface area contributed by atoms with E-state index < -0.39 is 5.92 Å². The van der Waals surface area contributed by atoms with Gasteiger partial charge in [-0.3, -0.25) is 9.59 Å². The van der Waals surface area contributed by atoms with E-state index >= 15 is 0 Å². The number of amides is 1. The fourth-order valence-electron chi connectivity index (χ4n) is 2.31. The molecule has 1 rings (SSSR count). The molecular weight excluding hydrogens is 262 g/mol. The van der Waals surface area contributed by atoms with Crippen molar-refractivity contribution in [1.29, 1.82) is 0 Å². The largest absolute Gasteiger partial charge is 0.335 e. The predicted octanol–water partition coefficient (Wildman–Crippen LogP) is 3.22. The fraction of sp³-hybridized carbons (Fsp3) is 0.333. The van der Waals surface area contributed by atoms with Gasteiger partial charge < -0.3 is 4.90 Å².